The Balaban J connectivity index is 1.61. The number of sulfonamides is 1. The number of amides is 1. The predicted molar refractivity (Wildman–Crippen MR) is 113 cm³/mol. The molecule has 0 radical (unpaired) electrons. The quantitative estimate of drug-likeness (QED) is 0.735. The third-order valence-electron chi connectivity index (χ3n) is 5.05. The average Bonchev–Trinajstić information content (AvgIpc) is 3.03. The minimum atomic E-state index is -3.46. The highest BCUT2D eigenvalue weighted by Crippen LogP contribution is 2.21. The second-order valence-electron chi connectivity index (χ2n) is 7.24. The van der Waals surface area contributed by atoms with Gasteiger partial charge in [-0.25, -0.2) is 8.42 Å². The molecule has 1 aliphatic heterocycles. The maximum absolute atomic E-state index is 12.8. The van der Waals surface area contributed by atoms with E-state index in [0.29, 0.717) is 18.0 Å². The summed E-state index contributed by atoms with van der Waals surface area (Å²) in [5.74, 6) is -0.220. The van der Waals surface area contributed by atoms with E-state index < -0.39 is 10.0 Å². The van der Waals surface area contributed by atoms with Gasteiger partial charge in [0.05, 0.1) is 10.9 Å². The van der Waals surface area contributed by atoms with Gasteiger partial charge in [-0.1, -0.05) is 31.0 Å². The molecule has 0 spiro atoms. The highest BCUT2D eigenvalue weighted by molar-refractivity contribution is 7.89. The van der Waals surface area contributed by atoms with Crippen LogP contribution < -0.4 is 5.32 Å². The number of pyridine rings is 1. The van der Waals surface area contributed by atoms with E-state index in [0.717, 1.165) is 36.8 Å². The number of nitrogens with one attached hydrogen (secondary N) is 1. The zero-order chi connectivity index (χ0) is 20.7. The molecule has 1 aliphatic rings. The van der Waals surface area contributed by atoms with Gasteiger partial charge in [-0.2, -0.15) is 4.31 Å². The fourth-order valence-corrected chi connectivity index (χ4v) is 4.85. The van der Waals surface area contributed by atoms with Crippen molar-refractivity contribution in [2.75, 3.05) is 13.1 Å². The molecule has 0 saturated carbocycles. The third-order valence-corrected chi connectivity index (χ3v) is 6.97. The Hall–Kier alpha value is -2.51. The van der Waals surface area contributed by atoms with Crippen molar-refractivity contribution in [2.24, 2.45) is 0 Å². The largest absolute Gasteiger partial charge is 0.346 e. The zero-order valence-electron chi connectivity index (χ0n) is 16.6. The van der Waals surface area contributed by atoms with Gasteiger partial charge in [0.2, 0.25) is 15.9 Å². The molecule has 154 valence electrons. The van der Waals surface area contributed by atoms with Gasteiger partial charge < -0.3 is 5.32 Å². The van der Waals surface area contributed by atoms with E-state index in [1.165, 1.54) is 6.08 Å². The number of carbonyl (C=O) groups is 1. The number of nitrogens with zero attached hydrogens (tertiary/aromatic N) is 2. The van der Waals surface area contributed by atoms with E-state index in [1.54, 1.807) is 47.0 Å². The molecule has 1 amide bonds. The Kier molecular flexibility index (Phi) is 7.17. The van der Waals surface area contributed by atoms with Crippen LogP contribution in [0.2, 0.25) is 0 Å². The first kappa shape index (κ1) is 21.2. The summed E-state index contributed by atoms with van der Waals surface area (Å²) in [5.41, 5.74) is 1.70. The first-order chi connectivity index (χ1) is 14.0. The maximum Gasteiger partial charge on any atom is 0.244 e. The van der Waals surface area contributed by atoms with Gasteiger partial charge in [0.25, 0.3) is 0 Å². The lowest BCUT2D eigenvalue weighted by Gasteiger charge is -2.19. The highest BCUT2D eigenvalue weighted by atomic mass is 32.2. The van der Waals surface area contributed by atoms with E-state index in [2.05, 4.69) is 10.3 Å². The fourth-order valence-electron chi connectivity index (χ4n) is 3.33. The molecule has 1 saturated heterocycles. The molecule has 1 aromatic heterocycles. The molecule has 6 nitrogen and oxygen atoms in total. The lowest BCUT2D eigenvalue weighted by atomic mass is 10.1. The van der Waals surface area contributed by atoms with Gasteiger partial charge in [-0.05, 0) is 55.2 Å². The Labute approximate surface area is 172 Å². The van der Waals surface area contributed by atoms with Crippen LogP contribution in [-0.4, -0.2) is 36.7 Å². The third kappa shape index (κ3) is 5.74. The van der Waals surface area contributed by atoms with Gasteiger partial charge in [0, 0.05) is 31.6 Å². The minimum absolute atomic E-state index is 0.151. The summed E-state index contributed by atoms with van der Waals surface area (Å²) < 4.78 is 27.2. The van der Waals surface area contributed by atoms with Crippen molar-refractivity contribution in [3.05, 3.63) is 66.0 Å². The Bertz CT molecular complexity index is 933. The SMILES string of the molecule is CC(NC(=O)/C=C/c1ccc(S(=O)(=O)N2CCCCCC2)cc1)c1cccnc1. The Morgan fingerprint density at radius 2 is 1.79 bits per heavy atom. The van der Waals surface area contributed by atoms with E-state index in [9.17, 15) is 13.2 Å². The second-order valence-corrected chi connectivity index (χ2v) is 9.18. The van der Waals surface area contributed by atoms with E-state index in [4.69, 9.17) is 0 Å². The first-order valence-corrected chi connectivity index (χ1v) is 11.4. The van der Waals surface area contributed by atoms with Crippen LogP contribution in [0, 0.1) is 0 Å². The molecule has 0 aliphatic carbocycles. The van der Waals surface area contributed by atoms with E-state index >= 15 is 0 Å². The smallest absolute Gasteiger partial charge is 0.244 e. The lowest BCUT2D eigenvalue weighted by molar-refractivity contribution is -0.117. The van der Waals surface area contributed by atoms with Crippen LogP contribution in [0.25, 0.3) is 6.08 Å². The summed E-state index contributed by atoms with van der Waals surface area (Å²) in [6.45, 7) is 3.06. The molecule has 2 heterocycles. The van der Waals surface area contributed by atoms with Crippen molar-refractivity contribution in [2.45, 2.75) is 43.5 Å². The van der Waals surface area contributed by atoms with Crippen molar-refractivity contribution in [3.63, 3.8) is 0 Å². The van der Waals surface area contributed by atoms with E-state index in [-0.39, 0.29) is 11.9 Å². The summed E-state index contributed by atoms with van der Waals surface area (Å²) in [4.78, 5) is 16.5. The average molecular weight is 414 g/mol. The molecular formula is C22H27N3O3S. The molecule has 29 heavy (non-hydrogen) atoms. The van der Waals surface area contributed by atoms with Crippen LogP contribution >= 0.6 is 0 Å². The van der Waals surface area contributed by atoms with Crippen LogP contribution in [0.1, 0.15) is 49.8 Å². The molecule has 7 heteroatoms. The topological polar surface area (TPSA) is 79.4 Å². The molecule has 1 aromatic carbocycles. The monoisotopic (exact) mass is 413 g/mol. The Morgan fingerprint density at radius 1 is 1.10 bits per heavy atom. The summed E-state index contributed by atoms with van der Waals surface area (Å²) >= 11 is 0. The van der Waals surface area contributed by atoms with Crippen molar-refractivity contribution >= 4 is 22.0 Å². The maximum atomic E-state index is 12.8. The number of carbonyl (C=O) groups excluding carboxylic acids is 1. The molecule has 0 bridgehead atoms. The number of benzene rings is 1. The normalized spacial score (nSPS) is 17.0. The molecular weight excluding hydrogens is 386 g/mol. The number of hydrogen-bond donors (Lipinski definition) is 1. The number of aromatic nitrogens is 1. The number of hydrogen-bond acceptors (Lipinski definition) is 4. The van der Waals surface area contributed by atoms with Crippen molar-refractivity contribution in [1.82, 2.24) is 14.6 Å². The highest BCUT2D eigenvalue weighted by Gasteiger charge is 2.24. The molecule has 2 aromatic rings. The van der Waals surface area contributed by atoms with Gasteiger partial charge in [-0.3, -0.25) is 9.78 Å². The van der Waals surface area contributed by atoms with Crippen LogP contribution in [0.5, 0.6) is 0 Å². The summed E-state index contributed by atoms with van der Waals surface area (Å²) in [6, 6.07) is 10.2. The minimum Gasteiger partial charge on any atom is -0.346 e. The lowest BCUT2D eigenvalue weighted by Crippen LogP contribution is -2.31. The van der Waals surface area contributed by atoms with Crippen LogP contribution in [0.3, 0.4) is 0 Å². The molecule has 1 fully saturated rings. The van der Waals surface area contributed by atoms with E-state index in [1.807, 2.05) is 19.1 Å². The van der Waals surface area contributed by atoms with Crippen LogP contribution in [-0.2, 0) is 14.8 Å². The standard InChI is InChI=1S/C22H27N3O3S/c1-18(20-7-6-14-23-17-20)24-22(26)13-10-19-8-11-21(12-9-19)29(27,28)25-15-4-2-3-5-16-25/h6-14,17-18H,2-5,15-16H2,1H3,(H,24,26)/b13-10+. The molecule has 1 N–H and O–H groups in total. The molecule has 1 atom stereocenters. The van der Waals surface area contributed by atoms with Gasteiger partial charge >= 0.3 is 0 Å². The van der Waals surface area contributed by atoms with Crippen LogP contribution in [0.4, 0.5) is 0 Å². The fraction of sp³-hybridized carbons (Fsp3) is 0.364. The second kappa shape index (κ2) is 9.80. The summed E-state index contributed by atoms with van der Waals surface area (Å²) in [6.07, 6.45) is 10.5. The van der Waals surface area contributed by atoms with Crippen molar-refractivity contribution in [1.29, 1.82) is 0 Å². The number of rotatable bonds is 6. The molecule has 1 unspecified atom stereocenters. The Morgan fingerprint density at radius 3 is 2.41 bits per heavy atom. The predicted octanol–water partition coefficient (Wildman–Crippen LogP) is 3.54. The van der Waals surface area contributed by atoms with Crippen LogP contribution in [0.15, 0.2) is 59.8 Å². The summed E-state index contributed by atoms with van der Waals surface area (Å²) in [5, 5.41) is 2.88. The van der Waals surface area contributed by atoms with Gasteiger partial charge in [0.1, 0.15) is 0 Å². The summed E-state index contributed by atoms with van der Waals surface area (Å²) in [7, 11) is -3.46. The zero-order valence-corrected chi connectivity index (χ0v) is 17.4. The van der Waals surface area contributed by atoms with Crippen molar-refractivity contribution in [3.8, 4) is 0 Å². The van der Waals surface area contributed by atoms with Crippen molar-refractivity contribution < 1.29 is 13.2 Å². The molecule has 3 rings (SSSR count). The first-order valence-electron chi connectivity index (χ1n) is 9.95. The van der Waals surface area contributed by atoms with Gasteiger partial charge in [0.15, 0.2) is 0 Å². The van der Waals surface area contributed by atoms with Gasteiger partial charge in [-0.15, -0.1) is 0 Å².